The first-order valence-corrected chi connectivity index (χ1v) is 14.8. The number of anilines is 2. The van der Waals surface area contributed by atoms with Gasteiger partial charge in [-0.2, -0.15) is 0 Å². The van der Waals surface area contributed by atoms with E-state index in [1.165, 1.54) is 5.56 Å². The lowest BCUT2D eigenvalue weighted by Gasteiger charge is -2.40. The molecular weight excluding hydrogens is 528 g/mol. The Kier molecular flexibility index (Phi) is 9.46. The highest BCUT2D eigenvalue weighted by atomic mass is 16.5. The molecule has 0 radical (unpaired) electrons. The summed E-state index contributed by atoms with van der Waals surface area (Å²) < 4.78 is 12.1. The van der Waals surface area contributed by atoms with Crippen LogP contribution in [0, 0.1) is 26.2 Å². The summed E-state index contributed by atoms with van der Waals surface area (Å²) in [6.45, 7) is 19.0. The van der Waals surface area contributed by atoms with Crippen molar-refractivity contribution in [3.8, 4) is 17.0 Å². The molecule has 0 saturated carbocycles. The van der Waals surface area contributed by atoms with Crippen LogP contribution >= 0.6 is 0 Å². The first-order valence-electron chi connectivity index (χ1n) is 14.8. The van der Waals surface area contributed by atoms with Crippen molar-refractivity contribution in [3.05, 3.63) is 65.1 Å². The summed E-state index contributed by atoms with van der Waals surface area (Å²) in [4.78, 5) is 24.3. The molecule has 0 spiro atoms. The molecule has 2 N–H and O–H groups in total. The molecule has 0 unspecified atom stereocenters. The minimum atomic E-state index is -1.15. The quantitative estimate of drug-likeness (QED) is 0.247. The third-order valence-electron chi connectivity index (χ3n) is 7.74. The minimum absolute atomic E-state index is 0.237. The first kappa shape index (κ1) is 31.3. The van der Waals surface area contributed by atoms with E-state index in [1.54, 1.807) is 6.20 Å². The van der Waals surface area contributed by atoms with Crippen molar-refractivity contribution < 1.29 is 19.4 Å². The zero-order chi connectivity index (χ0) is 30.7. The molecule has 1 saturated heterocycles. The smallest absolute Gasteiger partial charge is 0.337 e. The zero-order valence-corrected chi connectivity index (χ0v) is 26.4. The fraction of sp³-hybridized carbons (Fsp3) is 0.500. The topological polar surface area (TPSA) is 96.8 Å². The Bertz CT molecular complexity index is 1390. The molecule has 1 aliphatic rings. The van der Waals surface area contributed by atoms with Crippen molar-refractivity contribution in [3.63, 3.8) is 0 Å². The van der Waals surface area contributed by atoms with Crippen molar-refractivity contribution in [1.29, 1.82) is 0 Å². The Morgan fingerprint density at radius 3 is 2.38 bits per heavy atom. The Morgan fingerprint density at radius 1 is 1.07 bits per heavy atom. The molecule has 1 atom stereocenters. The van der Waals surface area contributed by atoms with E-state index < -0.39 is 17.7 Å². The van der Waals surface area contributed by atoms with Gasteiger partial charge in [-0.05, 0) is 83.6 Å². The van der Waals surface area contributed by atoms with Gasteiger partial charge in [-0.25, -0.2) is 4.79 Å². The number of rotatable bonds is 10. The molecule has 3 heterocycles. The number of nitrogens with zero attached hydrogens (tertiary/aromatic N) is 3. The van der Waals surface area contributed by atoms with Gasteiger partial charge in [-0.3, -0.25) is 9.97 Å². The lowest BCUT2D eigenvalue weighted by atomic mass is 9.82. The minimum Gasteiger partial charge on any atom is -0.491 e. The zero-order valence-electron chi connectivity index (χ0n) is 26.4. The molecule has 226 valence electrons. The molecule has 0 amide bonds. The molecule has 0 aliphatic carbocycles. The van der Waals surface area contributed by atoms with E-state index in [2.05, 4.69) is 55.0 Å². The summed E-state index contributed by atoms with van der Waals surface area (Å²) >= 11 is 0. The fourth-order valence-corrected chi connectivity index (χ4v) is 5.35. The van der Waals surface area contributed by atoms with Gasteiger partial charge < -0.3 is 24.8 Å². The lowest BCUT2D eigenvalue weighted by Crippen LogP contribution is -2.39. The number of carboxylic acids is 1. The number of benzene rings is 1. The third-order valence-corrected chi connectivity index (χ3v) is 7.74. The van der Waals surface area contributed by atoms with E-state index in [9.17, 15) is 9.90 Å². The van der Waals surface area contributed by atoms with Crippen molar-refractivity contribution in [2.24, 2.45) is 5.41 Å². The second-order valence-electron chi connectivity index (χ2n) is 13.1. The van der Waals surface area contributed by atoms with E-state index in [1.807, 2.05) is 52.1 Å². The second-order valence-corrected chi connectivity index (χ2v) is 13.1. The standard InChI is InChI=1S/C34H46N4O4/c1-22-9-12-28(23(2)19-22)41-18-15-35-25-10-11-27(37-20-25)26-21-36-24(3)29(31(32(39)40)42-33(4,5)6)30(26)38-16-13-34(7,8)14-17-38/h9-12,19-21,31,35H,13-18H2,1-8H3,(H,39,40)/t31-/m0/s1. The number of carboxylic acid groups (broad SMARTS) is 1. The Hall–Kier alpha value is -3.65. The largest absolute Gasteiger partial charge is 0.491 e. The number of piperidine rings is 1. The number of hydrogen-bond acceptors (Lipinski definition) is 7. The van der Waals surface area contributed by atoms with Crippen LogP contribution in [0.25, 0.3) is 11.3 Å². The predicted octanol–water partition coefficient (Wildman–Crippen LogP) is 7.13. The SMILES string of the molecule is Cc1ccc(OCCNc2ccc(-c3cnc(C)c([C@H](OC(C)(C)C)C(=O)O)c3N3CCC(C)(C)CC3)nc2)c(C)c1. The van der Waals surface area contributed by atoms with Crippen molar-refractivity contribution in [2.45, 2.75) is 79.9 Å². The van der Waals surface area contributed by atoms with Crippen molar-refractivity contribution in [2.75, 3.05) is 36.5 Å². The van der Waals surface area contributed by atoms with E-state index in [4.69, 9.17) is 14.5 Å². The number of aliphatic carboxylic acids is 1. The van der Waals surface area contributed by atoms with Crippen molar-refractivity contribution in [1.82, 2.24) is 9.97 Å². The van der Waals surface area contributed by atoms with Crippen LogP contribution in [0.5, 0.6) is 5.75 Å². The summed E-state index contributed by atoms with van der Waals surface area (Å²) in [7, 11) is 0. The number of aromatic nitrogens is 2. The van der Waals surface area contributed by atoms with Crippen molar-refractivity contribution >= 4 is 17.3 Å². The van der Waals surface area contributed by atoms with Crippen LogP contribution in [0.15, 0.2) is 42.7 Å². The normalized spacial score (nSPS) is 15.8. The number of nitrogens with one attached hydrogen (secondary N) is 1. The summed E-state index contributed by atoms with van der Waals surface area (Å²) in [5.74, 6) is -0.136. The van der Waals surface area contributed by atoms with Crippen LogP contribution in [0.3, 0.4) is 0 Å². The molecule has 4 rings (SSSR count). The number of ether oxygens (including phenoxy) is 2. The first-order chi connectivity index (χ1) is 19.7. The maximum Gasteiger partial charge on any atom is 0.337 e. The monoisotopic (exact) mass is 574 g/mol. The molecule has 2 aromatic heterocycles. The van der Waals surface area contributed by atoms with E-state index >= 15 is 0 Å². The van der Waals surface area contributed by atoms with Crippen LogP contribution in [0.4, 0.5) is 11.4 Å². The average Bonchev–Trinajstić information content (AvgIpc) is 2.91. The van der Waals surface area contributed by atoms with Gasteiger partial charge in [0.05, 0.1) is 28.9 Å². The highest BCUT2D eigenvalue weighted by molar-refractivity contribution is 5.85. The molecule has 1 aliphatic heterocycles. The van der Waals surface area contributed by atoms with Gasteiger partial charge in [0, 0.05) is 42.7 Å². The maximum atomic E-state index is 12.6. The molecular formula is C34H46N4O4. The molecule has 1 aromatic carbocycles. The Balaban J connectivity index is 1.61. The van der Waals surface area contributed by atoms with Crippen LogP contribution in [-0.2, 0) is 9.53 Å². The molecule has 8 heteroatoms. The number of pyridine rings is 2. The Morgan fingerprint density at radius 2 is 1.79 bits per heavy atom. The summed E-state index contributed by atoms with van der Waals surface area (Å²) in [6.07, 6.45) is 4.48. The number of carbonyl (C=O) groups is 1. The summed E-state index contributed by atoms with van der Waals surface area (Å²) in [5, 5.41) is 13.7. The second kappa shape index (κ2) is 12.7. The van der Waals surface area contributed by atoms with Gasteiger partial charge >= 0.3 is 5.97 Å². The molecule has 0 bridgehead atoms. The van der Waals surface area contributed by atoms with E-state index in [0.29, 0.717) is 24.4 Å². The number of hydrogen-bond donors (Lipinski definition) is 2. The Labute approximate surface area is 250 Å². The van der Waals surface area contributed by atoms with Gasteiger partial charge in [-0.1, -0.05) is 31.5 Å². The highest BCUT2D eigenvalue weighted by Gasteiger charge is 2.36. The van der Waals surface area contributed by atoms with Crippen LogP contribution in [-0.4, -0.2) is 52.9 Å². The van der Waals surface area contributed by atoms with E-state index in [-0.39, 0.29) is 5.41 Å². The molecule has 8 nitrogen and oxygen atoms in total. The van der Waals surface area contributed by atoms with Gasteiger partial charge in [0.1, 0.15) is 12.4 Å². The summed E-state index contributed by atoms with van der Waals surface area (Å²) in [5.41, 5.74) is 6.45. The maximum absolute atomic E-state index is 12.6. The average molecular weight is 575 g/mol. The lowest BCUT2D eigenvalue weighted by molar-refractivity contribution is -0.160. The van der Waals surface area contributed by atoms with Crippen LogP contribution in [0.1, 0.15) is 75.9 Å². The number of aryl methyl sites for hydroxylation is 3. The third kappa shape index (κ3) is 7.79. The molecule has 3 aromatic rings. The van der Waals surface area contributed by atoms with Crippen LogP contribution in [0.2, 0.25) is 0 Å². The van der Waals surface area contributed by atoms with E-state index in [0.717, 1.165) is 59.9 Å². The van der Waals surface area contributed by atoms with Gasteiger partial charge in [0.2, 0.25) is 0 Å². The molecule has 42 heavy (non-hydrogen) atoms. The summed E-state index contributed by atoms with van der Waals surface area (Å²) in [6, 6.07) is 10.1. The van der Waals surface area contributed by atoms with Gasteiger partial charge in [0.15, 0.2) is 6.10 Å². The van der Waals surface area contributed by atoms with Crippen LogP contribution < -0.4 is 15.0 Å². The predicted molar refractivity (Wildman–Crippen MR) is 169 cm³/mol. The highest BCUT2D eigenvalue weighted by Crippen LogP contribution is 2.43. The van der Waals surface area contributed by atoms with Gasteiger partial charge in [-0.15, -0.1) is 0 Å². The fourth-order valence-electron chi connectivity index (χ4n) is 5.35. The molecule has 1 fully saturated rings. The van der Waals surface area contributed by atoms with Gasteiger partial charge in [0.25, 0.3) is 0 Å².